The predicted octanol–water partition coefficient (Wildman–Crippen LogP) is 2.67. The zero-order valence-electron chi connectivity index (χ0n) is 16.7. The number of rotatable bonds is 4. The van der Waals surface area contributed by atoms with Gasteiger partial charge >= 0.3 is 0 Å². The molecule has 0 amide bonds. The molecule has 0 unspecified atom stereocenters. The topological polar surface area (TPSA) is 65.0 Å². The molecule has 6 nitrogen and oxygen atoms in total. The quantitative estimate of drug-likeness (QED) is 0.632. The van der Waals surface area contributed by atoms with Gasteiger partial charge in [0.15, 0.2) is 5.96 Å². The van der Waals surface area contributed by atoms with E-state index in [9.17, 15) is 8.42 Å². The third kappa shape index (κ3) is 4.82. The van der Waals surface area contributed by atoms with Gasteiger partial charge in [-0.3, -0.25) is 4.99 Å². The van der Waals surface area contributed by atoms with Crippen LogP contribution in [-0.4, -0.2) is 56.8 Å². The highest BCUT2D eigenvalue weighted by atomic mass is 32.2. The van der Waals surface area contributed by atoms with Gasteiger partial charge < -0.3 is 10.2 Å². The van der Waals surface area contributed by atoms with Gasteiger partial charge in [-0.2, -0.15) is 4.31 Å². The van der Waals surface area contributed by atoms with Gasteiger partial charge in [-0.05, 0) is 42.4 Å². The number of likely N-dealkylation sites (tertiary alicyclic amines) is 1. The Morgan fingerprint density at radius 2 is 1.78 bits per heavy atom. The smallest absolute Gasteiger partial charge is 0.243 e. The SMILES string of the molecule is CN=C(NCc1ccc(S(=O)(=O)N2CCCCC2)cc1)N1CCC(C)(C)C1. The molecule has 1 aromatic rings. The van der Waals surface area contributed by atoms with Crippen LogP contribution in [-0.2, 0) is 16.6 Å². The summed E-state index contributed by atoms with van der Waals surface area (Å²) in [7, 11) is -1.55. The third-order valence-corrected chi connectivity index (χ3v) is 7.43. The summed E-state index contributed by atoms with van der Waals surface area (Å²) < 4.78 is 27.1. The van der Waals surface area contributed by atoms with Gasteiger partial charge in [-0.15, -0.1) is 0 Å². The number of aliphatic imine (C=N–C) groups is 1. The van der Waals surface area contributed by atoms with Gasteiger partial charge in [-0.25, -0.2) is 8.42 Å². The standard InChI is InChI=1S/C20H32N4O2S/c1-20(2)11-14-23(16-20)19(21-3)22-15-17-7-9-18(10-8-17)27(25,26)24-12-5-4-6-13-24/h7-10H,4-6,11-16H2,1-3H3,(H,21,22). The zero-order chi connectivity index (χ0) is 19.5. The van der Waals surface area contributed by atoms with Crippen LogP contribution in [0.5, 0.6) is 0 Å². The highest BCUT2D eigenvalue weighted by Crippen LogP contribution is 2.28. The van der Waals surface area contributed by atoms with E-state index in [4.69, 9.17) is 0 Å². The van der Waals surface area contributed by atoms with Crippen molar-refractivity contribution in [3.05, 3.63) is 29.8 Å². The second-order valence-corrected chi connectivity index (χ2v) is 10.3. The number of sulfonamides is 1. The van der Waals surface area contributed by atoms with Crippen molar-refractivity contribution in [2.75, 3.05) is 33.2 Å². The monoisotopic (exact) mass is 392 g/mol. The fourth-order valence-electron chi connectivity index (χ4n) is 3.84. The van der Waals surface area contributed by atoms with Gasteiger partial charge in [0.25, 0.3) is 0 Å². The Labute approximate surface area is 163 Å². The summed E-state index contributed by atoms with van der Waals surface area (Å²) in [6, 6.07) is 7.24. The van der Waals surface area contributed by atoms with E-state index in [-0.39, 0.29) is 0 Å². The average molecular weight is 393 g/mol. The molecule has 0 spiro atoms. The fourth-order valence-corrected chi connectivity index (χ4v) is 5.36. The first-order valence-corrected chi connectivity index (χ1v) is 11.3. The molecule has 7 heteroatoms. The van der Waals surface area contributed by atoms with Gasteiger partial charge in [0, 0.05) is 39.8 Å². The lowest BCUT2D eigenvalue weighted by atomic mass is 9.93. The van der Waals surface area contributed by atoms with Crippen molar-refractivity contribution in [2.45, 2.75) is 51.0 Å². The summed E-state index contributed by atoms with van der Waals surface area (Å²) in [6.07, 6.45) is 4.18. The van der Waals surface area contributed by atoms with Crippen LogP contribution < -0.4 is 5.32 Å². The Bertz CT molecular complexity index is 766. The zero-order valence-corrected chi connectivity index (χ0v) is 17.6. The minimum atomic E-state index is -3.36. The molecule has 1 N–H and O–H groups in total. The molecule has 0 atom stereocenters. The first-order chi connectivity index (χ1) is 12.8. The Kier molecular flexibility index (Phi) is 6.11. The number of benzene rings is 1. The van der Waals surface area contributed by atoms with Crippen LogP contribution in [0.15, 0.2) is 34.2 Å². The molecule has 0 aromatic heterocycles. The summed E-state index contributed by atoms with van der Waals surface area (Å²) in [4.78, 5) is 7.07. The molecule has 27 heavy (non-hydrogen) atoms. The Balaban J connectivity index is 1.60. The number of nitrogens with zero attached hydrogens (tertiary/aromatic N) is 3. The second kappa shape index (κ2) is 8.19. The van der Waals surface area contributed by atoms with E-state index in [1.54, 1.807) is 16.4 Å². The van der Waals surface area contributed by atoms with E-state index in [2.05, 4.69) is 29.1 Å². The largest absolute Gasteiger partial charge is 0.352 e. The molecule has 150 valence electrons. The molecule has 0 saturated carbocycles. The fraction of sp³-hybridized carbons (Fsp3) is 0.650. The van der Waals surface area contributed by atoms with Crippen LogP contribution in [0.4, 0.5) is 0 Å². The Morgan fingerprint density at radius 3 is 2.33 bits per heavy atom. The predicted molar refractivity (Wildman–Crippen MR) is 109 cm³/mol. The van der Waals surface area contributed by atoms with Crippen LogP contribution in [0.2, 0.25) is 0 Å². The molecule has 1 aromatic carbocycles. The van der Waals surface area contributed by atoms with Gasteiger partial charge in [-0.1, -0.05) is 32.4 Å². The molecule has 3 rings (SSSR count). The maximum atomic E-state index is 12.7. The second-order valence-electron chi connectivity index (χ2n) is 8.35. The maximum absolute atomic E-state index is 12.7. The lowest BCUT2D eigenvalue weighted by molar-refractivity contribution is 0.346. The number of hydrogen-bond donors (Lipinski definition) is 1. The van der Waals surface area contributed by atoms with Crippen LogP contribution >= 0.6 is 0 Å². The van der Waals surface area contributed by atoms with Crippen molar-refractivity contribution in [1.29, 1.82) is 0 Å². The molecular weight excluding hydrogens is 360 g/mol. The van der Waals surface area contributed by atoms with Crippen LogP contribution in [0.1, 0.15) is 45.1 Å². The van der Waals surface area contributed by atoms with E-state index < -0.39 is 10.0 Å². The highest BCUT2D eigenvalue weighted by Gasteiger charge is 2.31. The van der Waals surface area contributed by atoms with Crippen LogP contribution in [0.3, 0.4) is 0 Å². The van der Waals surface area contributed by atoms with Crippen molar-refractivity contribution in [1.82, 2.24) is 14.5 Å². The molecule has 0 radical (unpaired) electrons. The van der Waals surface area contributed by atoms with Gasteiger partial charge in [0.05, 0.1) is 4.90 Å². The molecule has 2 aliphatic heterocycles. The van der Waals surface area contributed by atoms with Crippen molar-refractivity contribution >= 4 is 16.0 Å². The maximum Gasteiger partial charge on any atom is 0.243 e. The van der Waals surface area contributed by atoms with E-state index in [1.807, 2.05) is 19.2 Å². The first kappa shape index (κ1) is 20.1. The summed E-state index contributed by atoms with van der Waals surface area (Å²) in [5.74, 6) is 0.908. The molecule has 2 heterocycles. The molecule has 0 aliphatic carbocycles. The third-order valence-electron chi connectivity index (χ3n) is 5.52. The van der Waals surface area contributed by atoms with Crippen LogP contribution in [0.25, 0.3) is 0 Å². The molecular formula is C20H32N4O2S. The van der Waals surface area contributed by atoms with Crippen molar-refractivity contribution < 1.29 is 8.42 Å². The minimum Gasteiger partial charge on any atom is -0.352 e. The first-order valence-electron chi connectivity index (χ1n) is 9.86. The summed E-state index contributed by atoms with van der Waals surface area (Å²) in [5, 5.41) is 3.40. The van der Waals surface area contributed by atoms with E-state index in [0.717, 1.165) is 50.3 Å². The summed E-state index contributed by atoms with van der Waals surface area (Å²) >= 11 is 0. The molecule has 0 bridgehead atoms. The molecule has 2 fully saturated rings. The van der Waals surface area contributed by atoms with Gasteiger partial charge in [0.1, 0.15) is 0 Å². The lowest BCUT2D eigenvalue weighted by Gasteiger charge is -2.26. The van der Waals surface area contributed by atoms with Crippen molar-refractivity contribution in [2.24, 2.45) is 10.4 Å². The molecule has 2 saturated heterocycles. The van der Waals surface area contributed by atoms with E-state index in [0.29, 0.717) is 29.9 Å². The van der Waals surface area contributed by atoms with Crippen molar-refractivity contribution in [3.8, 4) is 0 Å². The van der Waals surface area contributed by atoms with Gasteiger partial charge in [0.2, 0.25) is 10.0 Å². The number of nitrogens with one attached hydrogen (secondary N) is 1. The number of piperidine rings is 1. The number of guanidine groups is 1. The van der Waals surface area contributed by atoms with Crippen molar-refractivity contribution in [3.63, 3.8) is 0 Å². The Hall–Kier alpha value is -1.60. The van der Waals surface area contributed by atoms with Crippen LogP contribution in [0, 0.1) is 5.41 Å². The summed E-state index contributed by atoms with van der Waals surface area (Å²) in [6.45, 7) is 8.47. The number of hydrogen-bond acceptors (Lipinski definition) is 3. The van der Waals surface area contributed by atoms with E-state index in [1.165, 1.54) is 0 Å². The normalized spacial score (nSPS) is 21.4. The highest BCUT2D eigenvalue weighted by molar-refractivity contribution is 7.89. The summed E-state index contributed by atoms with van der Waals surface area (Å²) in [5.41, 5.74) is 1.37. The average Bonchev–Trinajstić information content (AvgIpc) is 3.03. The minimum absolute atomic E-state index is 0.322. The molecule has 2 aliphatic rings. The van der Waals surface area contributed by atoms with E-state index >= 15 is 0 Å². The lowest BCUT2D eigenvalue weighted by Crippen LogP contribution is -2.40. The Morgan fingerprint density at radius 1 is 1.11 bits per heavy atom.